The second-order valence-corrected chi connectivity index (χ2v) is 5.94. The third kappa shape index (κ3) is 3.30. The van der Waals surface area contributed by atoms with Gasteiger partial charge in [0.15, 0.2) is 0 Å². The Bertz CT molecular complexity index is 405. The van der Waals surface area contributed by atoms with Gasteiger partial charge in [0.05, 0.1) is 11.1 Å². The lowest BCUT2D eigenvalue weighted by molar-refractivity contribution is -0.123. The van der Waals surface area contributed by atoms with E-state index in [1.165, 1.54) is 0 Å². The summed E-state index contributed by atoms with van der Waals surface area (Å²) < 4.78 is 1.79. The third-order valence-electron chi connectivity index (χ3n) is 2.30. The Morgan fingerprint density at radius 1 is 1.44 bits per heavy atom. The van der Waals surface area contributed by atoms with Gasteiger partial charge in [0.1, 0.15) is 0 Å². The maximum Gasteiger partial charge on any atom is 0.231 e. The highest BCUT2D eigenvalue weighted by Gasteiger charge is 2.26. The minimum Gasteiger partial charge on any atom is -0.329 e. The van der Waals surface area contributed by atoms with Crippen molar-refractivity contribution in [2.45, 2.75) is 13.8 Å². The average Bonchev–Trinajstić information content (AvgIpc) is 2.22. The van der Waals surface area contributed by atoms with Crippen molar-refractivity contribution < 1.29 is 4.79 Å². The molecule has 0 saturated heterocycles. The average molecular weight is 350 g/mol. The first-order valence-corrected chi connectivity index (χ1v) is 6.42. The lowest BCUT2D eigenvalue weighted by Crippen LogP contribution is -2.37. The van der Waals surface area contributed by atoms with E-state index in [-0.39, 0.29) is 5.91 Å². The number of halogens is 2. The largest absolute Gasteiger partial charge is 0.329 e. The second-order valence-electron chi connectivity index (χ2n) is 4.17. The van der Waals surface area contributed by atoms with Gasteiger partial charge in [-0.05, 0) is 48.0 Å². The van der Waals surface area contributed by atoms with E-state index >= 15 is 0 Å². The predicted molar refractivity (Wildman–Crippen MR) is 73.3 cm³/mol. The molecule has 0 heterocycles. The van der Waals surface area contributed by atoms with Gasteiger partial charge < -0.3 is 11.1 Å². The van der Waals surface area contributed by atoms with Gasteiger partial charge in [0.2, 0.25) is 5.91 Å². The maximum atomic E-state index is 11.9. The van der Waals surface area contributed by atoms with E-state index in [0.29, 0.717) is 6.54 Å². The van der Waals surface area contributed by atoms with E-state index in [4.69, 9.17) is 5.73 Å². The zero-order valence-electron chi connectivity index (χ0n) is 9.18. The first-order valence-electron chi connectivity index (χ1n) is 4.83. The number of hydrogen-bond donors (Lipinski definition) is 2. The summed E-state index contributed by atoms with van der Waals surface area (Å²) in [6.07, 6.45) is 0. The third-order valence-corrected chi connectivity index (χ3v) is 3.45. The first-order chi connectivity index (χ1) is 7.36. The fraction of sp³-hybridized carbons (Fsp3) is 0.364. The zero-order chi connectivity index (χ0) is 12.3. The molecule has 0 fully saturated rings. The molecular formula is C11H14Br2N2O. The topological polar surface area (TPSA) is 55.1 Å². The Kier molecular flexibility index (Phi) is 4.52. The summed E-state index contributed by atoms with van der Waals surface area (Å²) in [7, 11) is 0. The van der Waals surface area contributed by atoms with Crippen LogP contribution in [-0.2, 0) is 4.79 Å². The van der Waals surface area contributed by atoms with Crippen molar-refractivity contribution in [2.75, 3.05) is 11.9 Å². The first kappa shape index (κ1) is 13.7. The number of benzene rings is 1. The Labute approximate surface area is 112 Å². The maximum absolute atomic E-state index is 11.9. The molecule has 0 aliphatic heterocycles. The molecule has 0 radical (unpaired) electrons. The van der Waals surface area contributed by atoms with Crippen LogP contribution in [0.15, 0.2) is 27.1 Å². The molecule has 0 saturated carbocycles. The van der Waals surface area contributed by atoms with Crippen LogP contribution in [0, 0.1) is 5.41 Å². The van der Waals surface area contributed by atoms with Crippen LogP contribution in [0.5, 0.6) is 0 Å². The quantitative estimate of drug-likeness (QED) is 0.880. The summed E-state index contributed by atoms with van der Waals surface area (Å²) in [5, 5.41) is 2.84. The van der Waals surface area contributed by atoms with Crippen LogP contribution in [0.4, 0.5) is 5.69 Å². The summed E-state index contributed by atoms with van der Waals surface area (Å²) in [5.74, 6) is -0.0852. The normalized spacial score (nSPS) is 11.3. The smallest absolute Gasteiger partial charge is 0.231 e. The van der Waals surface area contributed by atoms with Crippen LogP contribution in [-0.4, -0.2) is 12.5 Å². The van der Waals surface area contributed by atoms with Crippen molar-refractivity contribution in [1.29, 1.82) is 0 Å². The highest BCUT2D eigenvalue weighted by atomic mass is 79.9. The van der Waals surface area contributed by atoms with Gasteiger partial charge in [0, 0.05) is 15.5 Å². The Hall–Kier alpha value is -0.390. The SMILES string of the molecule is CC(C)(CN)C(=O)Nc1ccc(Br)cc1Br. The van der Waals surface area contributed by atoms with Crippen molar-refractivity contribution in [3.8, 4) is 0 Å². The standard InChI is InChI=1S/C11H14Br2N2O/c1-11(2,6-14)10(16)15-9-4-3-7(12)5-8(9)13/h3-5H,6,14H2,1-2H3,(H,15,16). The monoisotopic (exact) mass is 348 g/mol. The van der Waals surface area contributed by atoms with Crippen molar-refractivity contribution in [3.63, 3.8) is 0 Å². The van der Waals surface area contributed by atoms with Crippen molar-refractivity contribution in [2.24, 2.45) is 11.1 Å². The van der Waals surface area contributed by atoms with Crippen LogP contribution in [0.25, 0.3) is 0 Å². The minimum absolute atomic E-state index is 0.0852. The van der Waals surface area contributed by atoms with Gasteiger partial charge >= 0.3 is 0 Å². The zero-order valence-corrected chi connectivity index (χ0v) is 12.4. The predicted octanol–water partition coefficient (Wildman–Crippen LogP) is 3.14. The van der Waals surface area contributed by atoms with Gasteiger partial charge in [-0.3, -0.25) is 4.79 Å². The number of carbonyl (C=O) groups excluding carboxylic acids is 1. The molecule has 0 atom stereocenters. The molecule has 16 heavy (non-hydrogen) atoms. The summed E-state index contributed by atoms with van der Waals surface area (Å²) in [6.45, 7) is 3.94. The van der Waals surface area contributed by atoms with E-state index in [9.17, 15) is 4.79 Å². The number of nitrogens with two attached hydrogens (primary N) is 1. The minimum atomic E-state index is -0.563. The highest BCUT2D eigenvalue weighted by Crippen LogP contribution is 2.27. The molecule has 0 aliphatic carbocycles. The number of nitrogens with one attached hydrogen (secondary N) is 1. The number of amides is 1. The molecular weight excluding hydrogens is 336 g/mol. The Balaban J connectivity index is 2.85. The van der Waals surface area contributed by atoms with Crippen molar-refractivity contribution >= 4 is 43.5 Å². The van der Waals surface area contributed by atoms with E-state index in [1.807, 2.05) is 32.0 Å². The lowest BCUT2D eigenvalue weighted by Gasteiger charge is -2.21. The molecule has 0 spiro atoms. The molecule has 1 aromatic carbocycles. The molecule has 5 heteroatoms. The Morgan fingerprint density at radius 3 is 2.56 bits per heavy atom. The van der Waals surface area contributed by atoms with Crippen molar-refractivity contribution in [1.82, 2.24) is 0 Å². The van der Waals surface area contributed by atoms with E-state index < -0.39 is 5.41 Å². The summed E-state index contributed by atoms with van der Waals surface area (Å²) in [6, 6.07) is 5.58. The highest BCUT2D eigenvalue weighted by molar-refractivity contribution is 9.11. The van der Waals surface area contributed by atoms with Crippen molar-refractivity contribution in [3.05, 3.63) is 27.1 Å². The van der Waals surface area contributed by atoms with E-state index in [2.05, 4.69) is 37.2 Å². The van der Waals surface area contributed by atoms with Crippen LogP contribution in [0.1, 0.15) is 13.8 Å². The van der Waals surface area contributed by atoms with Crippen LogP contribution < -0.4 is 11.1 Å². The molecule has 1 rings (SSSR count). The Morgan fingerprint density at radius 2 is 2.06 bits per heavy atom. The van der Waals surface area contributed by atoms with Gasteiger partial charge in [-0.1, -0.05) is 15.9 Å². The molecule has 88 valence electrons. The van der Waals surface area contributed by atoms with Gasteiger partial charge in [-0.15, -0.1) is 0 Å². The number of carbonyl (C=O) groups is 1. The molecule has 3 N–H and O–H groups in total. The summed E-state index contributed by atoms with van der Waals surface area (Å²) in [4.78, 5) is 11.9. The number of anilines is 1. The molecule has 0 aromatic heterocycles. The van der Waals surface area contributed by atoms with Gasteiger partial charge in [0.25, 0.3) is 0 Å². The molecule has 1 amide bonds. The van der Waals surface area contributed by atoms with Gasteiger partial charge in [-0.25, -0.2) is 0 Å². The second kappa shape index (κ2) is 5.29. The number of rotatable bonds is 3. The molecule has 0 unspecified atom stereocenters. The fourth-order valence-corrected chi connectivity index (χ4v) is 2.12. The van der Waals surface area contributed by atoms with E-state index in [1.54, 1.807) is 0 Å². The van der Waals surface area contributed by atoms with Gasteiger partial charge in [-0.2, -0.15) is 0 Å². The van der Waals surface area contributed by atoms with Crippen LogP contribution in [0.3, 0.4) is 0 Å². The summed E-state index contributed by atoms with van der Waals surface area (Å²) >= 11 is 6.74. The van der Waals surface area contributed by atoms with Crippen LogP contribution >= 0.6 is 31.9 Å². The summed E-state index contributed by atoms with van der Waals surface area (Å²) in [5.41, 5.74) is 5.73. The lowest BCUT2D eigenvalue weighted by atomic mass is 9.92. The fourth-order valence-electron chi connectivity index (χ4n) is 0.975. The van der Waals surface area contributed by atoms with E-state index in [0.717, 1.165) is 14.6 Å². The molecule has 0 aliphatic rings. The van der Waals surface area contributed by atoms with Crippen LogP contribution in [0.2, 0.25) is 0 Å². The number of hydrogen-bond acceptors (Lipinski definition) is 2. The molecule has 1 aromatic rings. The molecule has 0 bridgehead atoms. The molecule has 3 nitrogen and oxygen atoms in total.